The van der Waals surface area contributed by atoms with E-state index in [1.54, 1.807) is 24.3 Å². The lowest BCUT2D eigenvalue weighted by Crippen LogP contribution is -1.85. The molecule has 2 aromatic carbocycles. The van der Waals surface area contributed by atoms with Crippen molar-refractivity contribution < 1.29 is 13.2 Å². The molecule has 0 fully saturated rings. The van der Waals surface area contributed by atoms with Crippen LogP contribution in [0.5, 0.6) is 0 Å². The molecule has 3 aromatic rings. The third kappa shape index (κ3) is 3.45. The number of rotatable bonds is 4. The van der Waals surface area contributed by atoms with E-state index in [-0.39, 0.29) is 0 Å². The van der Waals surface area contributed by atoms with E-state index < -0.39 is 11.6 Å². The standard InChI is InChI=1S/C15H9ClF2N2OS/c16-10-3-1-9(2-4-10)15-20-19-14(21-15)8-22-13-6-5-11(17)7-12(13)18/h1-7H,8H2. The van der Waals surface area contributed by atoms with Crippen molar-refractivity contribution in [3.63, 3.8) is 0 Å². The average molecular weight is 339 g/mol. The molecule has 0 N–H and O–H groups in total. The molecular weight excluding hydrogens is 330 g/mol. The molecule has 22 heavy (non-hydrogen) atoms. The van der Waals surface area contributed by atoms with Crippen LogP contribution in [0.15, 0.2) is 51.8 Å². The fraction of sp³-hybridized carbons (Fsp3) is 0.0667. The van der Waals surface area contributed by atoms with Gasteiger partial charge in [0.15, 0.2) is 0 Å². The molecule has 0 aliphatic heterocycles. The minimum absolute atomic E-state index is 0.295. The zero-order valence-electron chi connectivity index (χ0n) is 11.1. The highest BCUT2D eigenvalue weighted by molar-refractivity contribution is 7.98. The lowest BCUT2D eigenvalue weighted by molar-refractivity contribution is 0.528. The predicted octanol–water partition coefficient (Wildman–Crippen LogP) is 4.96. The minimum Gasteiger partial charge on any atom is -0.420 e. The number of halogens is 3. The Kier molecular flexibility index (Phi) is 4.40. The fourth-order valence-electron chi connectivity index (χ4n) is 1.75. The van der Waals surface area contributed by atoms with Crippen molar-refractivity contribution in [2.24, 2.45) is 0 Å². The van der Waals surface area contributed by atoms with Crippen LogP contribution in [-0.2, 0) is 5.75 Å². The van der Waals surface area contributed by atoms with Crippen LogP contribution in [0.2, 0.25) is 5.02 Å². The molecule has 0 radical (unpaired) electrons. The minimum atomic E-state index is -0.609. The lowest BCUT2D eigenvalue weighted by atomic mass is 10.2. The van der Waals surface area contributed by atoms with Crippen LogP contribution in [0, 0.1) is 11.6 Å². The second-order valence-corrected chi connectivity index (χ2v) is 5.82. The van der Waals surface area contributed by atoms with Crippen molar-refractivity contribution in [1.82, 2.24) is 10.2 Å². The summed E-state index contributed by atoms with van der Waals surface area (Å²) in [6.45, 7) is 0. The van der Waals surface area contributed by atoms with E-state index in [1.165, 1.54) is 12.1 Å². The van der Waals surface area contributed by atoms with E-state index in [0.717, 1.165) is 23.4 Å². The van der Waals surface area contributed by atoms with Crippen LogP contribution in [0.1, 0.15) is 5.89 Å². The van der Waals surface area contributed by atoms with Gasteiger partial charge in [-0.15, -0.1) is 22.0 Å². The number of benzene rings is 2. The van der Waals surface area contributed by atoms with Gasteiger partial charge in [-0.3, -0.25) is 0 Å². The van der Waals surface area contributed by atoms with Crippen molar-refractivity contribution in [3.05, 3.63) is 65.0 Å². The number of hydrogen-bond acceptors (Lipinski definition) is 4. The maximum absolute atomic E-state index is 13.5. The lowest BCUT2D eigenvalue weighted by Gasteiger charge is -2.00. The first-order valence-corrected chi connectivity index (χ1v) is 7.64. The topological polar surface area (TPSA) is 38.9 Å². The number of aromatic nitrogens is 2. The van der Waals surface area contributed by atoms with Gasteiger partial charge in [0.05, 0.1) is 5.75 Å². The van der Waals surface area contributed by atoms with E-state index in [2.05, 4.69) is 10.2 Å². The van der Waals surface area contributed by atoms with Crippen LogP contribution in [0.3, 0.4) is 0 Å². The molecule has 0 unspecified atom stereocenters. The van der Waals surface area contributed by atoms with Gasteiger partial charge in [-0.25, -0.2) is 8.78 Å². The molecular formula is C15H9ClF2N2OS. The van der Waals surface area contributed by atoms with Gasteiger partial charge in [0, 0.05) is 21.5 Å². The highest BCUT2D eigenvalue weighted by atomic mass is 35.5. The Hall–Kier alpha value is -1.92. The molecule has 1 aromatic heterocycles. The Morgan fingerprint density at radius 1 is 1.05 bits per heavy atom. The molecule has 0 saturated heterocycles. The summed E-state index contributed by atoms with van der Waals surface area (Å²) in [5.41, 5.74) is 0.751. The second-order valence-electron chi connectivity index (χ2n) is 4.37. The predicted molar refractivity (Wildman–Crippen MR) is 80.7 cm³/mol. The Morgan fingerprint density at radius 2 is 1.82 bits per heavy atom. The first-order chi connectivity index (χ1) is 10.6. The van der Waals surface area contributed by atoms with Crippen molar-refractivity contribution in [2.45, 2.75) is 10.6 Å². The molecule has 3 nitrogen and oxygen atoms in total. The van der Waals surface area contributed by atoms with Crippen LogP contribution < -0.4 is 0 Å². The van der Waals surface area contributed by atoms with Crippen molar-refractivity contribution in [1.29, 1.82) is 0 Å². The zero-order valence-corrected chi connectivity index (χ0v) is 12.7. The van der Waals surface area contributed by atoms with Crippen LogP contribution in [0.4, 0.5) is 8.78 Å². The Labute approximate surface area is 134 Å². The summed E-state index contributed by atoms with van der Waals surface area (Å²) in [7, 11) is 0. The monoisotopic (exact) mass is 338 g/mol. The van der Waals surface area contributed by atoms with E-state index in [1.807, 2.05) is 0 Å². The maximum Gasteiger partial charge on any atom is 0.247 e. The van der Waals surface area contributed by atoms with Gasteiger partial charge in [-0.2, -0.15) is 0 Å². The average Bonchev–Trinajstić information content (AvgIpc) is 2.96. The molecule has 0 spiro atoms. The molecule has 7 heteroatoms. The number of nitrogens with zero attached hydrogens (tertiary/aromatic N) is 2. The first-order valence-electron chi connectivity index (χ1n) is 6.28. The molecule has 3 rings (SSSR count). The van der Waals surface area contributed by atoms with Gasteiger partial charge >= 0.3 is 0 Å². The summed E-state index contributed by atoms with van der Waals surface area (Å²) in [5.74, 6) is -0.194. The number of hydrogen-bond donors (Lipinski definition) is 0. The molecule has 0 saturated carbocycles. The van der Waals surface area contributed by atoms with Gasteiger partial charge in [0.25, 0.3) is 0 Å². The highest BCUT2D eigenvalue weighted by Gasteiger charge is 2.11. The molecule has 0 bridgehead atoms. The third-order valence-corrected chi connectivity index (χ3v) is 4.09. The van der Waals surface area contributed by atoms with Gasteiger partial charge in [0.1, 0.15) is 11.6 Å². The first kappa shape index (κ1) is 15.0. The van der Waals surface area contributed by atoms with Crippen molar-refractivity contribution >= 4 is 23.4 Å². The molecule has 0 aliphatic carbocycles. The molecule has 1 heterocycles. The SMILES string of the molecule is Fc1ccc(SCc2nnc(-c3ccc(Cl)cc3)o2)c(F)c1. The zero-order chi connectivity index (χ0) is 15.5. The summed E-state index contributed by atoms with van der Waals surface area (Å²) in [6.07, 6.45) is 0. The molecule has 0 amide bonds. The molecule has 112 valence electrons. The Morgan fingerprint density at radius 3 is 2.55 bits per heavy atom. The third-order valence-electron chi connectivity index (χ3n) is 2.80. The van der Waals surface area contributed by atoms with E-state index >= 15 is 0 Å². The summed E-state index contributed by atoms with van der Waals surface area (Å²) in [4.78, 5) is 0.327. The van der Waals surface area contributed by atoms with E-state index in [9.17, 15) is 8.78 Å². The summed E-state index contributed by atoms with van der Waals surface area (Å²) >= 11 is 6.98. The largest absolute Gasteiger partial charge is 0.420 e. The van der Waals surface area contributed by atoms with Crippen LogP contribution in [0.25, 0.3) is 11.5 Å². The van der Waals surface area contributed by atoms with E-state index in [4.69, 9.17) is 16.0 Å². The highest BCUT2D eigenvalue weighted by Crippen LogP contribution is 2.27. The second kappa shape index (κ2) is 6.46. The normalized spacial score (nSPS) is 10.9. The summed E-state index contributed by atoms with van der Waals surface area (Å²) < 4.78 is 31.9. The Bertz CT molecular complexity index is 792. The fourth-order valence-corrected chi connectivity index (χ4v) is 2.64. The van der Waals surface area contributed by atoms with Gasteiger partial charge in [-0.05, 0) is 36.4 Å². The molecule has 0 atom stereocenters. The van der Waals surface area contributed by atoms with Crippen molar-refractivity contribution in [3.8, 4) is 11.5 Å². The van der Waals surface area contributed by atoms with E-state index in [0.29, 0.717) is 27.5 Å². The summed E-state index contributed by atoms with van der Waals surface area (Å²) in [5, 5.41) is 8.46. The number of thioether (sulfide) groups is 1. The quantitative estimate of drug-likeness (QED) is 0.630. The van der Waals surface area contributed by atoms with Gasteiger partial charge in [-0.1, -0.05) is 11.6 Å². The molecule has 0 aliphatic rings. The van der Waals surface area contributed by atoms with Crippen LogP contribution in [-0.4, -0.2) is 10.2 Å². The maximum atomic E-state index is 13.5. The smallest absolute Gasteiger partial charge is 0.247 e. The van der Waals surface area contributed by atoms with Crippen LogP contribution >= 0.6 is 23.4 Å². The van der Waals surface area contributed by atoms with Crippen molar-refractivity contribution in [2.75, 3.05) is 0 Å². The van der Waals surface area contributed by atoms with Gasteiger partial charge in [0.2, 0.25) is 11.8 Å². The summed E-state index contributed by atoms with van der Waals surface area (Å²) in [6, 6.07) is 10.4. The Balaban J connectivity index is 1.70. The van der Waals surface area contributed by atoms with Gasteiger partial charge < -0.3 is 4.42 Å².